The second-order valence-electron chi connectivity index (χ2n) is 4.30. The van der Waals surface area contributed by atoms with Crippen molar-refractivity contribution in [2.75, 3.05) is 25.2 Å². The minimum atomic E-state index is -0.0930. The maximum absolute atomic E-state index is 12.0. The van der Waals surface area contributed by atoms with E-state index in [0.717, 1.165) is 0 Å². The zero-order chi connectivity index (χ0) is 12.9. The third-order valence-corrected chi connectivity index (χ3v) is 3.77. The van der Waals surface area contributed by atoms with Crippen molar-refractivity contribution in [3.8, 4) is 0 Å². The summed E-state index contributed by atoms with van der Waals surface area (Å²) in [7, 11) is 1.75. The first-order valence-corrected chi connectivity index (χ1v) is 6.69. The lowest BCUT2D eigenvalue weighted by Gasteiger charge is -2.22. The smallest absolute Gasteiger partial charge is 0.255 e. The third-order valence-electron chi connectivity index (χ3n) is 2.52. The molecule has 0 bridgehead atoms. The van der Waals surface area contributed by atoms with Crippen molar-refractivity contribution in [2.45, 2.75) is 18.6 Å². The average Bonchev–Trinajstić information content (AvgIpc) is 2.36. The molecule has 1 amide bonds. The lowest BCUT2D eigenvalue weighted by molar-refractivity contribution is 0.0951. The number of aromatic nitrogens is 1. The van der Waals surface area contributed by atoms with E-state index in [0.29, 0.717) is 17.9 Å². The topological polar surface area (TPSA) is 54.0 Å². The molecule has 0 spiro atoms. The fourth-order valence-corrected chi connectivity index (χ4v) is 1.46. The molecule has 0 aliphatic heterocycles. The maximum Gasteiger partial charge on any atom is 0.255 e. The molecule has 1 aromatic heterocycles. The lowest BCUT2D eigenvalue weighted by atomic mass is 10.2. The fraction of sp³-hybridized carbons (Fsp3) is 0.500. The largest absolute Gasteiger partial charge is 0.372 e. The van der Waals surface area contributed by atoms with E-state index in [1.54, 1.807) is 37.1 Å². The Morgan fingerprint density at radius 3 is 2.82 bits per heavy atom. The summed E-state index contributed by atoms with van der Waals surface area (Å²) in [6.45, 7) is 4.82. The van der Waals surface area contributed by atoms with Crippen LogP contribution in [0.3, 0.4) is 0 Å². The van der Waals surface area contributed by atoms with E-state index in [4.69, 9.17) is 0 Å². The van der Waals surface area contributed by atoms with Gasteiger partial charge in [0.2, 0.25) is 0 Å². The van der Waals surface area contributed by atoms with Gasteiger partial charge in [-0.05, 0) is 32.2 Å². The minimum Gasteiger partial charge on any atom is -0.372 e. The molecular weight excluding hydrogens is 234 g/mol. The number of amides is 1. The Hall–Kier alpha value is -1.23. The molecule has 0 unspecified atom stereocenters. The van der Waals surface area contributed by atoms with Crippen molar-refractivity contribution in [1.82, 2.24) is 10.3 Å². The summed E-state index contributed by atoms with van der Waals surface area (Å²) in [5.74, 6) is 0.511. The van der Waals surface area contributed by atoms with E-state index < -0.39 is 0 Å². The van der Waals surface area contributed by atoms with Gasteiger partial charge in [0.1, 0.15) is 5.82 Å². The number of nitrogens with one attached hydrogen (secondary N) is 2. The average molecular weight is 253 g/mol. The summed E-state index contributed by atoms with van der Waals surface area (Å²) in [4.78, 5) is 16.1. The van der Waals surface area contributed by atoms with Gasteiger partial charge in [-0.15, -0.1) is 0 Å². The molecule has 0 radical (unpaired) electrons. The molecule has 0 aromatic carbocycles. The summed E-state index contributed by atoms with van der Waals surface area (Å²) in [6.07, 6.45) is 3.70. The molecular formula is C12H19N3OS. The number of hydrogen-bond donors (Lipinski definition) is 2. The highest BCUT2D eigenvalue weighted by molar-refractivity contribution is 7.99. The Bertz CT molecular complexity index is 393. The predicted molar refractivity (Wildman–Crippen MR) is 73.7 cm³/mol. The number of anilines is 1. The highest BCUT2D eigenvalue weighted by Gasteiger charge is 2.18. The predicted octanol–water partition coefficient (Wildman–Crippen LogP) is 1.99. The number of hydrogen-bond acceptors (Lipinski definition) is 4. The number of carbonyl (C=O) groups is 1. The van der Waals surface area contributed by atoms with Gasteiger partial charge in [-0.3, -0.25) is 4.79 Å². The van der Waals surface area contributed by atoms with Crippen LogP contribution in [0.4, 0.5) is 5.82 Å². The van der Waals surface area contributed by atoms with E-state index >= 15 is 0 Å². The quantitative estimate of drug-likeness (QED) is 0.842. The van der Waals surface area contributed by atoms with E-state index in [9.17, 15) is 4.79 Å². The van der Waals surface area contributed by atoms with Crippen LogP contribution in [0.5, 0.6) is 0 Å². The van der Waals surface area contributed by atoms with Crippen LogP contribution in [0, 0.1) is 0 Å². The molecule has 1 aromatic rings. The number of thioether (sulfide) groups is 1. The third kappa shape index (κ3) is 3.93. The maximum atomic E-state index is 12.0. The van der Waals surface area contributed by atoms with Gasteiger partial charge >= 0.3 is 0 Å². The number of carbonyl (C=O) groups excluding carboxylic acids is 1. The normalized spacial score (nSPS) is 11.1. The number of nitrogens with zero attached hydrogens (tertiary/aromatic N) is 1. The van der Waals surface area contributed by atoms with Gasteiger partial charge in [0.05, 0.1) is 5.56 Å². The zero-order valence-corrected chi connectivity index (χ0v) is 11.5. The molecule has 2 N–H and O–H groups in total. The summed E-state index contributed by atoms with van der Waals surface area (Å²) >= 11 is 1.73. The molecule has 0 saturated heterocycles. The van der Waals surface area contributed by atoms with Crippen LogP contribution in [0.2, 0.25) is 0 Å². The van der Waals surface area contributed by atoms with Crippen LogP contribution in [-0.4, -0.2) is 35.5 Å². The summed E-state index contributed by atoms with van der Waals surface area (Å²) in [6, 6.07) is 3.52. The minimum absolute atomic E-state index is 0.0394. The first-order chi connectivity index (χ1) is 8.00. The van der Waals surface area contributed by atoms with E-state index in [-0.39, 0.29) is 10.7 Å². The van der Waals surface area contributed by atoms with Crippen molar-refractivity contribution in [3.05, 3.63) is 23.9 Å². The first-order valence-electron chi connectivity index (χ1n) is 5.46. The van der Waals surface area contributed by atoms with Gasteiger partial charge in [0, 0.05) is 24.5 Å². The molecule has 0 aliphatic rings. The Labute approximate surface area is 107 Å². The molecule has 1 rings (SSSR count). The standard InChI is InChI=1S/C12H19N3OS/c1-12(2,17-4)8-15-11(16)9-6-5-7-14-10(9)13-3/h5-7H,8H2,1-4H3,(H,13,14)(H,15,16). The van der Waals surface area contributed by atoms with Gasteiger partial charge in [0.15, 0.2) is 0 Å². The molecule has 1 heterocycles. The van der Waals surface area contributed by atoms with Crippen LogP contribution < -0.4 is 10.6 Å². The summed E-state index contributed by atoms with van der Waals surface area (Å²) in [5, 5.41) is 5.84. The molecule has 0 atom stereocenters. The van der Waals surface area contributed by atoms with Crippen molar-refractivity contribution >= 4 is 23.5 Å². The Morgan fingerprint density at radius 2 is 2.24 bits per heavy atom. The number of rotatable bonds is 5. The monoisotopic (exact) mass is 253 g/mol. The molecule has 0 fully saturated rings. The second kappa shape index (κ2) is 5.91. The van der Waals surface area contributed by atoms with Gasteiger partial charge in [-0.1, -0.05) is 0 Å². The van der Waals surface area contributed by atoms with Crippen molar-refractivity contribution in [3.63, 3.8) is 0 Å². The lowest BCUT2D eigenvalue weighted by Crippen LogP contribution is -2.36. The molecule has 4 nitrogen and oxygen atoms in total. The van der Waals surface area contributed by atoms with Gasteiger partial charge in [0.25, 0.3) is 5.91 Å². The highest BCUT2D eigenvalue weighted by Crippen LogP contribution is 2.20. The summed E-state index contributed by atoms with van der Waals surface area (Å²) in [5.41, 5.74) is 0.576. The second-order valence-corrected chi connectivity index (χ2v) is 5.81. The summed E-state index contributed by atoms with van der Waals surface area (Å²) < 4.78 is 0.0394. The molecule has 0 saturated carbocycles. The van der Waals surface area contributed by atoms with E-state index in [2.05, 4.69) is 29.5 Å². The van der Waals surface area contributed by atoms with E-state index in [1.807, 2.05) is 6.26 Å². The Morgan fingerprint density at radius 1 is 1.53 bits per heavy atom. The van der Waals surface area contributed by atoms with E-state index in [1.165, 1.54) is 0 Å². The molecule has 94 valence electrons. The van der Waals surface area contributed by atoms with Crippen molar-refractivity contribution in [1.29, 1.82) is 0 Å². The van der Waals surface area contributed by atoms with Gasteiger partial charge in [-0.25, -0.2) is 4.98 Å². The first kappa shape index (κ1) is 13.8. The Balaban J connectivity index is 2.70. The van der Waals surface area contributed by atoms with Gasteiger partial charge < -0.3 is 10.6 Å². The highest BCUT2D eigenvalue weighted by atomic mass is 32.2. The Kier molecular flexibility index (Phi) is 4.81. The van der Waals surface area contributed by atoms with Gasteiger partial charge in [-0.2, -0.15) is 11.8 Å². The molecule has 17 heavy (non-hydrogen) atoms. The van der Waals surface area contributed by atoms with Crippen LogP contribution in [0.25, 0.3) is 0 Å². The van der Waals surface area contributed by atoms with Crippen LogP contribution in [0.1, 0.15) is 24.2 Å². The SMILES string of the molecule is CNc1ncccc1C(=O)NCC(C)(C)SC. The van der Waals surface area contributed by atoms with Crippen molar-refractivity contribution in [2.24, 2.45) is 0 Å². The van der Waals surface area contributed by atoms with Crippen LogP contribution >= 0.6 is 11.8 Å². The van der Waals surface area contributed by atoms with Crippen LogP contribution in [0.15, 0.2) is 18.3 Å². The fourth-order valence-electron chi connectivity index (χ4n) is 1.25. The van der Waals surface area contributed by atoms with Crippen molar-refractivity contribution < 1.29 is 4.79 Å². The zero-order valence-electron chi connectivity index (χ0n) is 10.7. The number of pyridine rings is 1. The molecule has 5 heteroatoms. The molecule has 0 aliphatic carbocycles. The van der Waals surface area contributed by atoms with Crippen LogP contribution in [-0.2, 0) is 0 Å².